The van der Waals surface area contributed by atoms with Crippen LogP contribution < -0.4 is 0 Å². The first-order valence-corrected chi connectivity index (χ1v) is 6.30. The summed E-state index contributed by atoms with van der Waals surface area (Å²) in [5.41, 5.74) is 1.87. The molecular weight excluding hydrogens is 224 g/mol. The lowest BCUT2D eigenvalue weighted by atomic mass is 10.0. The van der Waals surface area contributed by atoms with E-state index in [1.54, 1.807) is 0 Å². The predicted octanol–water partition coefficient (Wildman–Crippen LogP) is 2.98. The SMILES string of the molecule is C#Cc1cccc(CC(OC(C)C)C(=O)CC)c1. The molecule has 2 nitrogen and oxygen atoms in total. The standard InChI is InChI=1S/C16H20O2/c1-5-13-8-7-9-14(10-13)11-16(15(17)6-2)18-12(3)4/h1,7-10,12,16H,6,11H2,2-4H3. The summed E-state index contributed by atoms with van der Waals surface area (Å²) in [6.45, 7) is 5.73. The molecule has 0 radical (unpaired) electrons. The lowest BCUT2D eigenvalue weighted by Crippen LogP contribution is -2.29. The molecule has 0 aliphatic heterocycles. The van der Waals surface area contributed by atoms with Gasteiger partial charge in [-0.2, -0.15) is 0 Å². The molecule has 0 saturated heterocycles. The van der Waals surface area contributed by atoms with Crippen LogP contribution in [-0.2, 0) is 16.0 Å². The van der Waals surface area contributed by atoms with Crippen molar-refractivity contribution in [1.29, 1.82) is 0 Å². The summed E-state index contributed by atoms with van der Waals surface area (Å²) < 4.78 is 5.68. The van der Waals surface area contributed by atoms with Crippen LogP contribution in [0.15, 0.2) is 24.3 Å². The van der Waals surface area contributed by atoms with Crippen LogP contribution in [0.25, 0.3) is 0 Å². The zero-order valence-electron chi connectivity index (χ0n) is 11.3. The molecule has 1 aromatic rings. The zero-order chi connectivity index (χ0) is 13.5. The predicted molar refractivity (Wildman–Crippen MR) is 73.4 cm³/mol. The van der Waals surface area contributed by atoms with Gasteiger partial charge in [-0.15, -0.1) is 6.42 Å². The molecule has 0 heterocycles. The molecule has 1 atom stereocenters. The zero-order valence-corrected chi connectivity index (χ0v) is 11.3. The first kappa shape index (κ1) is 14.5. The van der Waals surface area contributed by atoms with Crippen molar-refractivity contribution in [3.63, 3.8) is 0 Å². The minimum Gasteiger partial charge on any atom is -0.367 e. The van der Waals surface area contributed by atoms with Crippen molar-refractivity contribution in [3.8, 4) is 12.3 Å². The summed E-state index contributed by atoms with van der Waals surface area (Å²) in [5.74, 6) is 2.73. The Bertz CT molecular complexity index is 441. The van der Waals surface area contributed by atoms with Gasteiger partial charge in [0, 0.05) is 18.4 Å². The molecule has 0 bridgehead atoms. The van der Waals surface area contributed by atoms with Crippen molar-refractivity contribution >= 4 is 5.78 Å². The number of terminal acetylenes is 1. The molecule has 0 saturated carbocycles. The van der Waals surface area contributed by atoms with Gasteiger partial charge >= 0.3 is 0 Å². The lowest BCUT2D eigenvalue weighted by Gasteiger charge is -2.19. The van der Waals surface area contributed by atoms with Crippen molar-refractivity contribution < 1.29 is 9.53 Å². The monoisotopic (exact) mass is 244 g/mol. The van der Waals surface area contributed by atoms with Crippen molar-refractivity contribution in [2.45, 2.75) is 45.8 Å². The Morgan fingerprint density at radius 2 is 2.17 bits per heavy atom. The molecule has 96 valence electrons. The van der Waals surface area contributed by atoms with Gasteiger partial charge < -0.3 is 4.74 Å². The van der Waals surface area contributed by atoms with E-state index in [-0.39, 0.29) is 18.0 Å². The highest BCUT2D eigenvalue weighted by molar-refractivity contribution is 5.83. The summed E-state index contributed by atoms with van der Waals surface area (Å²) in [7, 11) is 0. The topological polar surface area (TPSA) is 26.3 Å². The van der Waals surface area contributed by atoms with Crippen LogP contribution in [0.2, 0.25) is 0 Å². The van der Waals surface area contributed by atoms with Gasteiger partial charge in [-0.25, -0.2) is 0 Å². The summed E-state index contributed by atoms with van der Waals surface area (Å²) in [6, 6.07) is 7.69. The van der Waals surface area contributed by atoms with E-state index in [0.29, 0.717) is 12.8 Å². The second-order valence-corrected chi connectivity index (χ2v) is 4.54. The van der Waals surface area contributed by atoms with Crippen LogP contribution in [0, 0.1) is 12.3 Å². The molecule has 0 aliphatic rings. The van der Waals surface area contributed by atoms with Crippen molar-refractivity contribution in [1.82, 2.24) is 0 Å². The fourth-order valence-corrected chi connectivity index (χ4v) is 1.80. The fourth-order valence-electron chi connectivity index (χ4n) is 1.80. The van der Waals surface area contributed by atoms with Crippen LogP contribution in [0.1, 0.15) is 38.3 Å². The molecule has 18 heavy (non-hydrogen) atoms. The molecule has 0 aliphatic carbocycles. The fraction of sp³-hybridized carbons (Fsp3) is 0.438. The summed E-state index contributed by atoms with van der Waals surface area (Å²) in [6.07, 6.45) is 6.11. The average molecular weight is 244 g/mol. The number of hydrogen-bond acceptors (Lipinski definition) is 2. The second kappa shape index (κ2) is 6.98. The Kier molecular flexibility index (Phi) is 5.61. The van der Waals surface area contributed by atoms with Crippen molar-refractivity contribution in [2.24, 2.45) is 0 Å². The van der Waals surface area contributed by atoms with E-state index >= 15 is 0 Å². The number of ether oxygens (including phenoxy) is 1. The third-order valence-electron chi connectivity index (χ3n) is 2.66. The molecule has 1 rings (SSSR count). The number of rotatable bonds is 6. The smallest absolute Gasteiger partial charge is 0.161 e. The Morgan fingerprint density at radius 3 is 2.72 bits per heavy atom. The van der Waals surface area contributed by atoms with Gasteiger partial charge in [0.2, 0.25) is 0 Å². The number of carbonyl (C=O) groups excluding carboxylic acids is 1. The van der Waals surface area contributed by atoms with Crippen LogP contribution in [0.4, 0.5) is 0 Å². The minimum absolute atomic E-state index is 0.0429. The van der Waals surface area contributed by atoms with Crippen molar-refractivity contribution in [2.75, 3.05) is 0 Å². The highest BCUT2D eigenvalue weighted by atomic mass is 16.5. The highest BCUT2D eigenvalue weighted by Gasteiger charge is 2.19. The van der Waals surface area contributed by atoms with Crippen molar-refractivity contribution in [3.05, 3.63) is 35.4 Å². The molecule has 1 unspecified atom stereocenters. The highest BCUT2D eigenvalue weighted by Crippen LogP contribution is 2.12. The van der Waals surface area contributed by atoms with Gasteiger partial charge in [0.1, 0.15) is 6.10 Å². The van der Waals surface area contributed by atoms with Gasteiger partial charge in [0.15, 0.2) is 5.78 Å². The van der Waals surface area contributed by atoms with Crippen LogP contribution >= 0.6 is 0 Å². The second-order valence-electron chi connectivity index (χ2n) is 4.54. The molecule has 2 heteroatoms. The Balaban J connectivity index is 2.82. The third kappa shape index (κ3) is 4.35. The van der Waals surface area contributed by atoms with E-state index in [0.717, 1.165) is 11.1 Å². The van der Waals surface area contributed by atoms with E-state index in [2.05, 4.69) is 5.92 Å². The largest absolute Gasteiger partial charge is 0.367 e. The van der Waals surface area contributed by atoms with Gasteiger partial charge in [0.05, 0.1) is 6.10 Å². The van der Waals surface area contributed by atoms with Gasteiger partial charge in [0.25, 0.3) is 0 Å². The Hall–Kier alpha value is -1.59. The maximum absolute atomic E-state index is 11.8. The molecule has 0 spiro atoms. The molecule has 1 aromatic carbocycles. The number of ketones is 1. The molecular formula is C16H20O2. The lowest BCUT2D eigenvalue weighted by molar-refractivity contribution is -0.132. The first-order valence-electron chi connectivity index (χ1n) is 6.30. The van der Waals surface area contributed by atoms with E-state index in [1.807, 2.05) is 45.0 Å². The van der Waals surface area contributed by atoms with Gasteiger partial charge in [-0.1, -0.05) is 25.0 Å². The Morgan fingerprint density at radius 1 is 1.44 bits per heavy atom. The van der Waals surface area contributed by atoms with E-state index in [1.165, 1.54) is 0 Å². The number of Topliss-reactive ketones (excluding diaryl/α,β-unsaturated/α-hetero) is 1. The normalized spacial score (nSPS) is 12.2. The number of carbonyl (C=O) groups is 1. The van der Waals surface area contributed by atoms with Crippen LogP contribution in [0.5, 0.6) is 0 Å². The van der Waals surface area contributed by atoms with Crippen LogP contribution in [-0.4, -0.2) is 18.0 Å². The maximum Gasteiger partial charge on any atom is 0.161 e. The molecule has 0 N–H and O–H groups in total. The van der Waals surface area contributed by atoms with E-state index in [4.69, 9.17) is 11.2 Å². The quantitative estimate of drug-likeness (QED) is 0.719. The first-order chi connectivity index (χ1) is 8.56. The van der Waals surface area contributed by atoms with E-state index < -0.39 is 0 Å². The van der Waals surface area contributed by atoms with Gasteiger partial charge in [-0.05, 0) is 31.5 Å². The summed E-state index contributed by atoms with van der Waals surface area (Å²) in [5, 5.41) is 0. The summed E-state index contributed by atoms with van der Waals surface area (Å²) in [4.78, 5) is 11.8. The molecule has 0 amide bonds. The van der Waals surface area contributed by atoms with Crippen LogP contribution in [0.3, 0.4) is 0 Å². The van der Waals surface area contributed by atoms with Gasteiger partial charge in [-0.3, -0.25) is 4.79 Å². The minimum atomic E-state index is -0.372. The molecule has 0 fully saturated rings. The number of benzene rings is 1. The third-order valence-corrected chi connectivity index (χ3v) is 2.66. The number of hydrogen-bond donors (Lipinski definition) is 0. The summed E-state index contributed by atoms with van der Waals surface area (Å²) >= 11 is 0. The molecule has 0 aromatic heterocycles. The average Bonchev–Trinajstić information content (AvgIpc) is 2.36. The van der Waals surface area contributed by atoms with E-state index in [9.17, 15) is 4.79 Å². The Labute approximate surface area is 109 Å². The maximum atomic E-state index is 11.8.